The largest absolute Gasteiger partial charge is 0.458 e. The molecule has 1 aromatic carbocycles. The zero-order valence-electron chi connectivity index (χ0n) is 9.72. The minimum absolute atomic E-state index is 0.0891. The summed E-state index contributed by atoms with van der Waals surface area (Å²) in [5.74, 6) is -11.2. The summed E-state index contributed by atoms with van der Waals surface area (Å²) in [7, 11) is 0. The third kappa shape index (κ3) is 2.80. The molecule has 0 aliphatic heterocycles. The number of halogens is 10. The fraction of sp³-hybridized carbons (Fsp3) is 0.364. The van der Waals surface area contributed by atoms with Gasteiger partial charge in [0.25, 0.3) is 0 Å². The zero-order valence-corrected chi connectivity index (χ0v) is 9.72. The van der Waals surface area contributed by atoms with Crippen molar-refractivity contribution in [3.05, 3.63) is 41.8 Å². The van der Waals surface area contributed by atoms with Crippen LogP contribution in [0.15, 0.2) is 18.2 Å². The lowest BCUT2D eigenvalue weighted by molar-refractivity contribution is -0.292. The Hall–Kier alpha value is -1.48. The SMILES string of the molecule is [CH2]c1c(C(F)(F)C(F)(F)F)cccc1C(F)(F)C(F)(F)F. The fourth-order valence-electron chi connectivity index (χ4n) is 1.48. The maximum absolute atomic E-state index is 13.1. The average molecular weight is 327 g/mol. The van der Waals surface area contributed by atoms with Crippen molar-refractivity contribution in [3.63, 3.8) is 0 Å². The van der Waals surface area contributed by atoms with Crippen molar-refractivity contribution < 1.29 is 43.9 Å². The predicted octanol–water partition coefficient (Wildman–Crippen LogP) is 5.18. The second-order valence-corrected chi connectivity index (χ2v) is 3.98. The van der Waals surface area contributed by atoms with E-state index in [0.717, 1.165) is 0 Å². The first-order chi connectivity index (χ1) is 9.14. The minimum Gasteiger partial charge on any atom is -0.191 e. The molecule has 0 atom stereocenters. The molecule has 0 nitrogen and oxygen atoms in total. The van der Waals surface area contributed by atoms with Crippen molar-refractivity contribution in [2.45, 2.75) is 24.2 Å². The highest BCUT2D eigenvalue weighted by molar-refractivity contribution is 5.43. The zero-order chi connectivity index (χ0) is 16.9. The lowest BCUT2D eigenvalue weighted by Crippen LogP contribution is -2.37. The smallest absolute Gasteiger partial charge is 0.191 e. The molecule has 0 aliphatic carbocycles. The number of rotatable bonds is 2. The molecule has 0 fully saturated rings. The number of alkyl halides is 10. The Morgan fingerprint density at radius 1 is 0.619 bits per heavy atom. The van der Waals surface area contributed by atoms with Gasteiger partial charge >= 0.3 is 24.2 Å². The Morgan fingerprint density at radius 3 is 1.14 bits per heavy atom. The molecular weight excluding hydrogens is 322 g/mol. The van der Waals surface area contributed by atoms with Gasteiger partial charge in [0.15, 0.2) is 0 Å². The van der Waals surface area contributed by atoms with Gasteiger partial charge < -0.3 is 0 Å². The van der Waals surface area contributed by atoms with E-state index >= 15 is 0 Å². The molecule has 0 N–H and O–H groups in total. The van der Waals surface area contributed by atoms with Crippen molar-refractivity contribution in [1.29, 1.82) is 0 Å². The molecule has 119 valence electrons. The third-order valence-corrected chi connectivity index (χ3v) is 2.56. The topological polar surface area (TPSA) is 0 Å². The van der Waals surface area contributed by atoms with Crippen molar-refractivity contribution in [2.24, 2.45) is 0 Å². The lowest BCUT2D eigenvalue weighted by Gasteiger charge is -2.26. The molecule has 1 rings (SSSR count). The summed E-state index contributed by atoms with van der Waals surface area (Å²) in [5.41, 5.74) is -5.84. The number of benzene rings is 1. The van der Waals surface area contributed by atoms with Crippen LogP contribution in [0, 0.1) is 6.92 Å². The van der Waals surface area contributed by atoms with Gasteiger partial charge in [-0.25, -0.2) is 0 Å². The number of hydrogen-bond donors (Lipinski definition) is 0. The first kappa shape index (κ1) is 17.6. The Morgan fingerprint density at radius 2 is 0.905 bits per heavy atom. The van der Waals surface area contributed by atoms with Gasteiger partial charge in [-0.3, -0.25) is 0 Å². The molecule has 0 heterocycles. The van der Waals surface area contributed by atoms with Crippen molar-refractivity contribution in [3.8, 4) is 0 Å². The summed E-state index contributed by atoms with van der Waals surface area (Å²) >= 11 is 0. The van der Waals surface area contributed by atoms with Gasteiger partial charge in [0, 0.05) is 11.1 Å². The Balaban J connectivity index is 3.56. The summed E-state index contributed by atoms with van der Waals surface area (Å²) < 4.78 is 125. The van der Waals surface area contributed by atoms with Gasteiger partial charge in [-0.2, -0.15) is 43.9 Å². The van der Waals surface area contributed by atoms with E-state index in [0.29, 0.717) is 0 Å². The molecule has 1 radical (unpaired) electrons. The standard InChI is InChI=1S/C11H5F10/c1-5-6(8(12,13)10(16,17)18)3-2-4-7(5)9(14,15)11(19,20)21/h2-4H,1H2. The molecule has 0 unspecified atom stereocenters. The van der Waals surface area contributed by atoms with E-state index in [2.05, 4.69) is 6.92 Å². The van der Waals surface area contributed by atoms with E-state index in [1.54, 1.807) is 0 Å². The average Bonchev–Trinajstić information content (AvgIpc) is 2.25. The van der Waals surface area contributed by atoms with Gasteiger partial charge in [-0.1, -0.05) is 18.2 Å². The number of hydrogen-bond acceptors (Lipinski definition) is 0. The predicted molar refractivity (Wildman–Crippen MR) is 50.8 cm³/mol. The van der Waals surface area contributed by atoms with Crippen molar-refractivity contribution in [2.75, 3.05) is 0 Å². The highest BCUT2D eigenvalue weighted by Crippen LogP contribution is 2.49. The molecule has 0 aliphatic rings. The van der Waals surface area contributed by atoms with Crippen molar-refractivity contribution >= 4 is 0 Å². The van der Waals surface area contributed by atoms with Crippen LogP contribution in [0.2, 0.25) is 0 Å². The normalized spacial score (nSPS) is 14.4. The maximum Gasteiger partial charge on any atom is 0.458 e. The van der Waals surface area contributed by atoms with E-state index in [1.807, 2.05) is 0 Å². The van der Waals surface area contributed by atoms with Crippen LogP contribution in [-0.4, -0.2) is 12.4 Å². The van der Waals surface area contributed by atoms with Crippen LogP contribution in [0.4, 0.5) is 43.9 Å². The molecular formula is C11H5F10. The second-order valence-electron chi connectivity index (χ2n) is 3.98. The Bertz CT molecular complexity index is 479. The van der Waals surface area contributed by atoms with E-state index in [1.165, 1.54) is 0 Å². The highest BCUT2D eigenvalue weighted by atomic mass is 19.4. The summed E-state index contributed by atoms with van der Waals surface area (Å²) in [4.78, 5) is 0. The van der Waals surface area contributed by atoms with Gasteiger partial charge in [0.05, 0.1) is 0 Å². The summed E-state index contributed by atoms with van der Waals surface area (Å²) in [5, 5.41) is 0. The van der Waals surface area contributed by atoms with Crippen molar-refractivity contribution in [1.82, 2.24) is 0 Å². The molecule has 0 spiro atoms. The molecule has 0 saturated carbocycles. The molecule has 0 amide bonds. The van der Waals surface area contributed by atoms with Gasteiger partial charge in [-0.05, 0) is 12.5 Å². The highest BCUT2D eigenvalue weighted by Gasteiger charge is 2.62. The van der Waals surface area contributed by atoms with Crippen LogP contribution in [0.3, 0.4) is 0 Å². The van der Waals surface area contributed by atoms with E-state index < -0.39 is 40.9 Å². The third-order valence-electron chi connectivity index (χ3n) is 2.56. The summed E-state index contributed by atoms with van der Waals surface area (Å²) in [6.45, 7) is 2.52. The van der Waals surface area contributed by atoms with Crippen LogP contribution in [0.1, 0.15) is 16.7 Å². The molecule has 0 bridgehead atoms. The maximum atomic E-state index is 13.1. The van der Waals surface area contributed by atoms with Gasteiger partial charge in [0.2, 0.25) is 0 Å². The van der Waals surface area contributed by atoms with Crippen LogP contribution in [0.25, 0.3) is 0 Å². The first-order valence-electron chi connectivity index (χ1n) is 4.99. The lowest BCUT2D eigenvalue weighted by atomic mass is 9.93. The summed E-state index contributed by atoms with van der Waals surface area (Å²) in [6.07, 6.45) is -12.3. The van der Waals surface area contributed by atoms with Crippen LogP contribution < -0.4 is 0 Å². The van der Waals surface area contributed by atoms with Gasteiger partial charge in [-0.15, -0.1) is 0 Å². The molecule has 0 aromatic heterocycles. The van der Waals surface area contributed by atoms with E-state index in [4.69, 9.17) is 0 Å². The van der Waals surface area contributed by atoms with Crippen LogP contribution >= 0.6 is 0 Å². The minimum atomic E-state index is -6.16. The first-order valence-corrected chi connectivity index (χ1v) is 4.99. The quantitative estimate of drug-likeness (QED) is 0.657. The molecule has 10 heteroatoms. The summed E-state index contributed by atoms with van der Waals surface area (Å²) in [6, 6.07) is 0.427. The second kappa shape index (κ2) is 4.77. The molecule has 1 aromatic rings. The van der Waals surface area contributed by atoms with Crippen LogP contribution in [0.5, 0.6) is 0 Å². The van der Waals surface area contributed by atoms with E-state index in [9.17, 15) is 43.9 Å². The van der Waals surface area contributed by atoms with Crippen LogP contribution in [-0.2, 0) is 11.8 Å². The molecule has 21 heavy (non-hydrogen) atoms. The molecule has 0 saturated heterocycles. The fourth-order valence-corrected chi connectivity index (χ4v) is 1.48. The monoisotopic (exact) mass is 327 g/mol. The van der Waals surface area contributed by atoms with E-state index in [-0.39, 0.29) is 18.2 Å². The van der Waals surface area contributed by atoms with Gasteiger partial charge in [0.1, 0.15) is 0 Å². The Labute approximate surface area is 111 Å². The Kier molecular flexibility index (Phi) is 3.99.